The summed E-state index contributed by atoms with van der Waals surface area (Å²) in [7, 11) is 0. The summed E-state index contributed by atoms with van der Waals surface area (Å²) in [6.45, 7) is -0.773. The van der Waals surface area contributed by atoms with E-state index >= 15 is 0 Å². The Morgan fingerprint density at radius 1 is 1.25 bits per heavy atom. The van der Waals surface area contributed by atoms with Crippen molar-refractivity contribution < 1.29 is 4.39 Å². The van der Waals surface area contributed by atoms with E-state index in [0.717, 1.165) is 17.4 Å². The predicted molar refractivity (Wildman–Crippen MR) is 74.4 cm³/mol. The van der Waals surface area contributed by atoms with Crippen LogP contribution in [0.15, 0.2) is 46.3 Å². The maximum Gasteiger partial charge on any atom is 0.274 e. The highest BCUT2D eigenvalue weighted by Crippen LogP contribution is 2.19. The molecular weight excluding hydrogens is 279 g/mol. The highest BCUT2D eigenvalue weighted by molar-refractivity contribution is 7.98. The third-order valence-corrected chi connectivity index (χ3v) is 3.65. The van der Waals surface area contributed by atoms with E-state index in [0.29, 0.717) is 5.16 Å². The molecule has 0 fully saturated rings. The zero-order valence-electron chi connectivity index (χ0n) is 10.4. The standard InChI is InChI=1S/C13H11FN4OS/c14-7-10-6-11(19)18-12(15-10)16-13(17-18)20-8-9-4-2-1-3-5-9/h1-6H,7-8H2,(H,15,16,17). The van der Waals surface area contributed by atoms with Crippen LogP contribution in [0.4, 0.5) is 4.39 Å². The molecule has 7 heteroatoms. The number of halogens is 1. The van der Waals surface area contributed by atoms with Gasteiger partial charge in [0.05, 0.1) is 5.69 Å². The van der Waals surface area contributed by atoms with E-state index in [9.17, 15) is 9.18 Å². The molecule has 0 saturated heterocycles. The van der Waals surface area contributed by atoms with Crippen LogP contribution in [0.25, 0.3) is 5.78 Å². The van der Waals surface area contributed by atoms with E-state index in [2.05, 4.69) is 15.1 Å². The summed E-state index contributed by atoms with van der Waals surface area (Å²) in [4.78, 5) is 19.9. The molecule has 0 aliphatic heterocycles. The Morgan fingerprint density at radius 2 is 2.05 bits per heavy atom. The van der Waals surface area contributed by atoms with E-state index in [1.54, 1.807) is 0 Å². The first-order chi connectivity index (χ1) is 9.76. The molecule has 3 rings (SSSR count). The largest absolute Gasteiger partial charge is 0.274 e. The minimum absolute atomic E-state index is 0.0982. The van der Waals surface area contributed by atoms with Crippen molar-refractivity contribution in [2.24, 2.45) is 0 Å². The molecule has 0 aliphatic carbocycles. The van der Waals surface area contributed by atoms with Crippen LogP contribution in [0.3, 0.4) is 0 Å². The van der Waals surface area contributed by atoms with Crippen LogP contribution >= 0.6 is 11.8 Å². The predicted octanol–water partition coefficient (Wildman–Crippen LogP) is 2.18. The highest BCUT2D eigenvalue weighted by Gasteiger charge is 2.08. The molecule has 0 bridgehead atoms. The fraction of sp³-hybridized carbons (Fsp3) is 0.154. The van der Waals surface area contributed by atoms with Crippen LogP contribution in [0.1, 0.15) is 11.3 Å². The molecule has 1 N–H and O–H groups in total. The van der Waals surface area contributed by atoms with Crippen molar-refractivity contribution in [3.05, 3.63) is 58.0 Å². The van der Waals surface area contributed by atoms with Gasteiger partial charge in [-0.05, 0) is 5.56 Å². The van der Waals surface area contributed by atoms with Crippen LogP contribution in [0, 0.1) is 0 Å². The number of hydrogen-bond donors (Lipinski definition) is 1. The van der Waals surface area contributed by atoms with E-state index in [4.69, 9.17) is 0 Å². The first-order valence-electron chi connectivity index (χ1n) is 5.97. The van der Waals surface area contributed by atoms with Gasteiger partial charge in [-0.25, -0.2) is 9.37 Å². The average Bonchev–Trinajstić information content (AvgIpc) is 2.89. The van der Waals surface area contributed by atoms with Gasteiger partial charge in [0.25, 0.3) is 11.3 Å². The van der Waals surface area contributed by atoms with Gasteiger partial charge in [0.1, 0.15) is 6.67 Å². The molecule has 102 valence electrons. The van der Waals surface area contributed by atoms with Crippen LogP contribution < -0.4 is 5.56 Å². The SMILES string of the molecule is O=c1cc(CF)nc2nc(SCc3ccccc3)[nH]n12. The molecule has 0 spiro atoms. The zero-order valence-corrected chi connectivity index (χ0v) is 11.2. The fourth-order valence-electron chi connectivity index (χ4n) is 1.77. The Hall–Kier alpha value is -2.15. The molecule has 0 atom stereocenters. The van der Waals surface area contributed by atoms with Gasteiger partial charge >= 0.3 is 0 Å². The monoisotopic (exact) mass is 290 g/mol. The van der Waals surface area contributed by atoms with Gasteiger partial charge in [0.2, 0.25) is 0 Å². The molecule has 20 heavy (non-hydrogen) atoms. The quantitative estimate of drug-likeness (QED) is 0.748. The second-order valence-corrected chi connectivity index (χ2v) is 5.12. The van der Waals surface area contributed by atoms with Gasteiger partial charge in [0, 0.05) is 11.8 Å². The summed E-state index contributed by atoms with van der Waals surface area (Å²) in [6, 6.07) is 11.1. The van der Waals surface area contributed by atoms with Crippen molar-refractivity contribution >= 4 is 17.5 Å². The average molecular weight is 290 g/mol. The molecule has 2 aromatic heterocycles. The van der Waals surface area contributed by atoms with Crippen LogP contribution in [-0.2, 0) is 12.4 Å². The normalized spacial score (nSPS) is 11.1. The molecule has 0 amide bonds. The van der Waals surface area contributed by atoms with E-state index in [1.165, 1.54) is 16.3 Å². The summed E-state index contributed by atoms with van der Waals surface area (Å²) >= 11 is 1.46. The Kier molecular flexibility index (Phi) is 3.51. The number of thioether (sulfide) groups is 1. The Morgan fingerprint density at radius 3 is 2.80 bits per heavy atom. The third kappa shape index (κ3) is 2.57. The second kappa shape index (κ2) is 5.46. The Balaban J connectivity index is 1.86. The Labute approximate surface area is 117 Å². The van der Waals surface area contributed by atoms with Gasteiger partial charge < -0.3 is 0 Å². The topological polar surface area (TPSA) is 63.0 Å². The van der Waals surface area contributed by atoms with Gasteiger partial charge in [0.15, 0.2) is 5.16 Å². The summed E-state index contributed by atoms with van der Waals surface area (Å²) in [6.07, 6.45) is 0. The number of aromatic nitrogens is 4. The summed E-state index contributed by atoms with van der Waals surface area (Å²) in [5.41, 5.74) is 0.894. The summed E-state index contributed by atoms with van der Waals surface area (Å²) in [5, 5.41) is 3.43. The number of rotatable bonds is 4. The molecule has 0 radical (unpaired) electrons. The highest BCUT2D eigenvalue weighted by atomic mass is 32.2. The van der Waals surface area contributed by atoms with Gasteiger partial charge in [-0.15, -0.1) is 0 Å². The van der Waals surface area contributed by atoms with E-state index in [-0.39, 0.29) is 17.0 Å². The second-order valence-electron chi connectivity index (χ2n) is 4.16. The van der Waals surface area contributed by atoms with E-state index in [1.807, 2.05) is 30.3 Å². The van der Waals surface area contributed by atoms with Crippen LogP contribution in [0.5, 0.6) is 0 Å². The number of nitrogens with zero attached hydrogens (tertiary/aromatic N) is 3. The number of alkyl halides is 1. The van der Waals surface area contributed by atoms with Gasteiger partial charge in [-0.1, -0.05) is 42.1 Å². The smallest absolute Gasteiger partial charge is 0.267 e. The number of H-pyrrole nitrogens is 1. The lowest BCUT2D eigenvalue weighted by Crippen LogP contribution is -2.15. The number of aromatic amines is 1. The van der Waals surface area contributed by atoms with Gasteiger partial charge in [-0.3, -0.25) is 9.89 Å². The number of fused-ring (bicyclic) bond motifs is 1. The fourth-order valence-corrected chi connectivity index (χ4v) is 2.56. The first kappa shape index (κ1) is 12.9. The van der Waals surface area contributed by atoms with Crippen molar-refractivity contribution in [3.63, 3.8) is 0 Å². The lowest BCUT2D eigenvalue weighted by molar-refractivity contribution is 0.475. The molecule has 3 aromatic rings. The summed E-state index contributed by atoms with van der Waals surface area (Å²) < 4.78 is 13.8. The van der Waals surface area contributed by atoms with Crippen LogP contribution in [-0.4, -0.2) is 19.6 Å². The lowest BCUT2D eigenvalue weighted by Gasteiger charge is -1.97. The molecular formula is C13H11FN4OS. The van der Waals surface area contributed by atoms with Crippen molar-refractivity contribution in [1.82, 2.24) is 19.6 Å². The van der Waals surface area contributed by atoms with Crippen LogP contribution in [0.2, 0.25) is 0 Å². The maximum atomic E-state index is 12.6. The molecule has 0 unspecified atom stereocenters. The van der Waals surface area contributed by atoms with Crippen molar-refractivity contribution in [3.8, 4) is 0 Å². The Bertz CT molecular complexity index is 784. The first-order valence-corrected chi connectivity index (χ1v) is 6.96. The molecule has 0 aliphatic rings. The van der Waals surface area contributed by atoms with Crippen molar-refractivity contribution in [2.45, 2.75) is 17.6 Å². The minimum atomic E-state index is -0.773. The van der Waals surface area contributed by atoms with Gasteiger partial charge in [-0.2, -0.15) is 9.50 Å². The third-order valence-electron chi connectivity index (χ3n) is 2.72. The molecule has 2 heterocycles. The summed E-state index contributed by atoms with van der Waals surface area (Å²) in [5.74, 6) is 0.923. The van der Waals surface area contributed by atoms with Crippen molar-refractivity contribution in [1.29, 1.82) is 0 Å². The minimum Gasteiger partial charge on any atom is -0.267 e. The molecule has 1 aromatic carbocycles. The lowest BCUT2D eigenvalue weighted by atomic mass is 10.2. The molecule has 0 saturated carbocycles. The maximum absolute atomic E-state index is 12.6. The van der Waals surface area contributed by atoms with E-state index < -0.39 is 6.67 Å². The zero-order chi connectivity index (χ0) is 13.9. The molecule has 5 nitrogen and oxygen atoms in total. The van der Waals surface area contributed by atoms with Crippen molar-refractivity contribution in [2.75, 3.05) is 0 Å². The number of nitrogens with one attached hydrogen (secondary N) is 1. The number of benzene rings is 1. The number of hydrogen-bond acceptors (Lipinski definition) is 4.